The maximum Gasteiger partial charge on any atom is 0.326 e. The van der Waals surface area contributed by atoms with Crippen molar-refractivity contribution in [2.45, 2.75) is 19.4 Å². The summed E-state index contributed by atoms with van der Waals surface area (Å²) in [6.45, 7) is 1.63. The molecule has 1 unspecified atom stereocenters. The fourth-order valence-corrected chi connectivity index (χ4v) is 3.78. The number of fused-ring (bicyclic) bond motifs is 1. The molecule has 0 saturated heterocycles. The minimum Gasteiger partial charge on any atom is -0.480 e. The van der Waals surface area contributed by atoms with Crippen molar-refractivity contribution in [3.8, 4) is 0 Å². The van der Waals surface area contributed by atoms with Gasteiger partial charge < -0.3 is 9.67 Å². The lowest BCUT2D eigenvalue weighted by atomic mass is 10.2. The Morgan fingerprint density at radius 2 is 1.85 bits per heavy atom. The molecule has 1 atom stereocenters. The molecule has 0 saturated carbocycles. The molecular formula is C18H13F3N2O3S. The van der Waals surface area contributed by atoms with Gasteiger partial charge in [-0.05, 0) is 30.7 Å². The molecule has 9 heteroatoms. The SMILES string of the molecule is CCC(C(=O)O)n1c(=NC(=O)c2cc(F)cc(F)c2)sc2c(F)cccc21. The van der Waals surface area contributed by atoms with Gasteiger partial charge in [-0.25, -0.2) is 18.0 Å². The van der Waals surface area contributed by atoms with Crippen LogP contribution >= 0.6 is 11.3 Å². The van der Waals surface area contributed by atoms with E-state index in [4.69, 9.17) is 0 Å². The topological polar surface area (TPSA) is 71.7 Å². The largest absolute Gasteiger partial charge is 0.480 e. The number of benzene rings is 2. The maximum absolute atomic E-state index is 14.1. The molecular weight excluding hydrogens is 381 g/mol. The molecule has 0 radical (unpaired) electrons. The van der Waals surface area contributed by atoms with Crippen LogP contribution in [0.4, 0.5) is 13.2 Å². The zero-order chi connectivity index (χ0) is 19.7. The molecule has 140 valence electrons. The van der Waals surface area contributed by atoms with Crippen LogP contribution in [0, 0.1) is 17.5 Å². The number of halogens is 3. The smallest absolute Gasteiger partial charge is 0.326 e. The van der Waals surface area contributed by atoms with Gasteiger partial charge in [0.15, 0.2) is 4.80 Å². The van der Waals surface area contributed by atoms with E-state index < -0.39 is 35.4 Å². The van der Waals surface area contributed by atoms with Gasteiger partial charge in [0.05, 0.1) is 10.2 Å². The molecule has 0 aliphatic carbocycles. The number of aliphatic carboxylic acids is 1. The summed E-state index contributed by atoms with van der Waals surface area (Å²) in [5.41, 5.74) is -0.0634. The molecule has 1 N–H and O–H groups in total. The molecule has 3 rings (SSSR count). The normalized spacial score (nSPS) is 13.1. The standard InChI is InChI=1S/C18H13F3N2O3S/c1-2-13(17(25)26)23-14-5-3-4-12(21)15(14)27-18(23)22-16(24)9-6-10(19)8-11(20)7-9/h3-8,13H,2H2,1H3,(H,25,26). The molecule has 3 aromatic rings. The van der Waals surface area contributed by atoms with Crippen LogP contribution in [0.15, 0.2) is 41.4 Å². The van der Waals surface area contributed by atoms with E-state index in [9.17, 15) is 27.9 Å². The number of carbonyl (C=O) groups is 2. The summed E-state index contributed by atoms with van der Waals surface area (Å²) < 4.78 is 42.2. The predicted octanol–water partition coefficient (Wildman–Crippen LogP) is 3.90. The van der Waals surface area contributed by atoms with Crippen LogP contribution in [0.25, 0.3) is 10.2 Å². The summed E-state index contributed by atoms with van der Waals surface area (Å²) in [7, 11) is 0. The molecule has 0 spiro atoms. The third-order valence-corrected chi connectivity index (χ3v) is 4.97. The van der Waals surface area contributed by atoms with Gasteiger partial charge in [-0.15, -0.1) is 0 Å². The number of carbonyl (C=O) groups excluding carboxylic acids is 1. The van der Waals surface area contributed by atoms with E-state index in [1.54, 1.807) is 6.92 Å². The first-order valence-electron chi connectivity index (χ1n) is 7.89. The van der Waals surface area contributed by atoms with Gasteiger partial charge in [0.25, 0.3) is 5.91 Å². The molecule has 1 amide bonds. The Kier molecular flexibility index (Phi) is 5.13. The molecule has 0 bridgehead atoms. The number of aromatic nitrogens is 1. The van der Waals surface area contributed by atoms with E-state index in [2.05, 4.69) is 4.99 Å². The van der Waals surface area contributed by atoms with E-state index in [1.165, 1.54) is 22.8 Å². The number of hydrogen-bond donors (Lipinski definition) is 1. The van der Waals surface area contributed by atoms with Gasteiger partial charge in [-0.3, -0.25) is 4.79 Å². The quantitative estimate of drug-likeness (QED) is 0.730. The Morgan fingerprint density at radius 1 is 1.19 bits per heavy atom. The van der Waals surface area contributed by atoms with Gasteiger partial charge >= 0.3 is 5.97 Å². The second-order valence-electron chi connectivity index (χ2n) is 5.68. The van der Waals surface area contributed by atoms with E-state index in [0.29, 0.717) is 6.07 Å². The number of amides is 1. The first kappa shape index (κ1) is 18.8. The lowest BCUT2D eigenvalue weighted by molar-refractivity contribution is -0.140. The summed E-state index contributed by atoms with van der Waals surface area (Å²) in [5, 5.41) is 9.49. The molecule has 1 heterocycles. The summed E-state index contributed by atoms with van der Waals surface area (Å²) in [6, 6.07) is 5.32. The van der Waals surface area contributed by atoms with E-state index in [1.807, 2.05) is 0 Å². The molecule has 2 aromatic carbocycles. The Bertz CT molecular complexity index is 1100. The monoisotopic (exact) mass is 394 g/mol. The fourth-order valence-electron chi connectivity index (χ4n) is 2.71. The minimum atomic E-state index is -1.17. The van der Waals surface area contributed by atoms with Gasteiger partial charge in [-0.2, -0.15) is 4.99 Å². The van der Waals surface area contributed by atoms with Crippen LogP contribution in [-0.4, -0.2) is 21.6 Å². The Morgan fingerprint density at radius 3 is 2.44 bits per heavy atom. The zero-order valence-electron chi connectivity index (χ0n) is 13.9. The molecule has 5 nitrogen and oxygen atoms in total. The first-order chi connectivity index (χ1) is 12.8. The average Bonchev–Trinajstić information content (AvgIpc) is 2.94. The minimum absolute atomic E-state index is 0.0704. The number of carboxylic acid groups (broad SMARTS) is 1. The van der Waals surface area contributed by atoms with E-state index in [0.717, 1.165) is 23.5 Å². The van der Waals surface area contributed by atoms with E-state index in [-0.39, 0.29) is 27.0 Å². The number of nitrogens with zero attached hydrogens (tertiary/aromatic N) is 2. The van der Waals surface area contributed by atoms with Gasteiger partial charge in [0.2, 0.25) is 0 Å². The summed E-state index contributed by atoms with van der Waals surface area (Å²) in [4.78, 5) is 27.7. The highest BCUT2D eigenvalue weighted by atomic mass is 32.1. The lowest BCUT2D eigenvalue weighted by Crippen LogP contribution is -2.27. The third kappa shape index (κ3) is 3.63. The van der Waals surface area contributed by atoms with Crippen molar-refractivity contribution < 1.29 is 27.9 Å². The van der Waals surface area contributed by atoms with Crippen molar-refractivity contribution in [1.82, 2.24) is 4.57 Å². The predicted molar refractivity (Wildman–Crippen MR) is 93.0 cm³/mol. The highest BCUT2D eigenvalue weighted by Gasteiger charge is 2.23. The third-order valence-electron chi connectivity index (χ3n) is 3.90. The van der Waals surface area contributed by atoms with Crippen molar-refractivity contribution in [2.24, 2.45) is 4.99 Å². The van der Waals surface area contributed by atoms with Crippen molar-refractivity contribution in [1.29, 1.82) is 0 Å². The van der Waals surface area contributed by atoms with Crippen LogP contribution in [0.1, 0.15) is 29.7 Å². The molecule has 27 heavy (non-hydrogen) atoms. The first-order valence-corrected chi connectivity index (χ1v) is 8.71. The fraction of sp³-hybridized carbons (Fsp3) is 0.167. The van der Waals surface area contributed by atoms with Crippen molar-refractivity contribution in [3.05, 3.63) is 64.2 Å². The molecule has 0 aliphatic rings. The van der Waals surface area contributed by atoms with Crippen LogP contribution in [-0.2, 0) is 4.79 Å². The van der Waals surface area contributed by atoms with Gasteiger partial charge in [0.1, 0.15) is 23.5 Å². The number of hydrogen-bond acceptors (Lipinski definition) is 3. The highest BCUT2D eigenvalue weighted by Crippen LogP contribution is 2.25. The summed E-state index contributed by atoms with van der Waals surface area (Å²) in [5.74, 6) is -4.61. The van der Waals surface area contributed by atoms with Crippen LogP contribution < -0.4 is 4.80 Å². The number of carboxylic acids is 1. The van der Waals surface area contributed by atoms with Crippen molar-refractivity contribution in [3.63, 3.8) is 0 Å². The summed E-state index contributed by atoms with van der Waals surface area (Å²) in [6.07, 6.45) is 0.160. The lowest BCUT2D eigenvalue weighted by Gasteiger charge is -2.13. The van der Waals surface area contributed by atoms with Crippen molar-refractivity contribution >= 4 is 33.4 Å². The second-order valence-corrected chi connectivity index (χ2v) is 6.66. The maximum atomic E-state index is 14.1. The van der Waals surface area contributed by atoms with Crippen LogP contribution in [0.2, 0.25) is 0 Å². The van der Waals surface area contributed by atoms with Gasteiger partial charge in [-0.1, -0.05) is 24.3 Å². The highest BCUT2D eigenvalue weighted by molar-refractivity contribution is 7.16. The van der Waals surface area contributed by atoms with Crippen molar-refractivity contribution in [2.75, 3.05) is 0 Å². The molecule has 0 fully saturated rings. The Balaban J connectivity index is 2.26. The average molecular weight is 394 g/mol. The van der Waals surface area contributed by atoms with E-state index >= 15 is 0 Å². The number of rotatable bonds is 4. The zero-order valence-corrected chi connectivity index (χ0v) is 14.8. The van der Waals surface area contributed by atoms with Crippen LogP contribution in [0.3, 0.4) is 0 Å². The number of thiazole rings is 1. The van der Waals surface area contributed by atoms with Crippen LogP contribution in [0.5, 0.6) is 0 Å². The Labute approximate surface area is 155 Å². The molecule has 0 aliphatic heterocycles. The molecule has 1 aromatic heterocycles. The second kappa shape index (κ2) is 7.36. The van der Waals surface area contributed by atoms with Gasteiger partial charge in [0, 0.05) is 11.6 Å². The summed E-state index contributed by atoms with van der Waals surface area (Å²) >= 11 is 0.793. The Hall–Kier alpha value is -2.94.